The lowest BCUT2D eigenvalue weighted by molar-refractivity contribution is -0.148. The highest BCUT2D eigenvalue weighted by Crippen LogP contribution is 2.39. The van der Waals surface area contributed by atoms with Gasteiger partial charge in [-0.05, 0) is 13.8 Å². The molecule has 1 fully saturated rings. The van der Waals surface area contributed by atoms with Crippen LogP contribution in [0.15, 0.2) is 18.2 Å². The molecule has 0 amide bonds. The van der Waals surface area contributed by atoms with Crippen molar-refractivity contribution in [2.45, 2.75) is 26.4 Å². The quantitative estimate of drug-likeness (QED) is 0.775. The van der Waals surface area contributed by atoms with Crippen molar-refractivity contribution in [2.24, 2.45) is 5.41 Å². The third kappa shape index (κ3) is 1.79. The highest BCUT2D eigenvalue weighted by Gasteiger charge is 2.49. The van der Waals surface area contributed by atoms with Gasteiger partial charge in [-0.2, -0.15) is 0 Å². The van der Waals surface area contributed by atoms with Crippen LogP contribution in [0, 0.1) is 17.0 Å². The molecule has 0 bridgehead atoms. The Balaban J connectivity index is 2.14. The van der Waals surface area contributed by atoms with Crippen molar-refractivity contribution in [3.05, 3.63) is 29.8 Å². The SMILES string of the molecule is CC1(C)C(=O)CC1Oc1cc(F)cc(F)c1. The maximum absolute atomic E-state index is 12.9. The molecule has 1 unspecified atom stereocenters. The number of ketones is 1. The first kappa shape index (κ1) is 11.0. The molecule has 0 aliphatic heterocycles. The lowest BCUT2D eigenvalue weighted by Crippen LogP contribution is -2.52. The Kier molecular flexibility index (Phi) is 2.45. The number of Topliss-reactive ketones (excluding diaryl/α,β-unsaturated/α-hetero) is 1. The fourth-order valence-electron chi connectivity index (χ4n) is 1.68. The lowest BCUT2D eigenvalue weighted by atomic mass is 9.68. The Hall–Kier alpha value is -1.45. The first-order chi connectivity index (χ1) is 7.39. The summed E-state index contributed by atoms with van der Waals surface area (Å²) in [5.74, 6) is -1.13. The van der Waals surface area contributed by atoms with Crippen LogP contribution in [0.5, 0.6) is 5.75 Å². The van der Waals surface area contributed by atoms with Crippen LogP contribution in [-0.4, -0.2) is 11.9 Å². The predicted molar refractivity (Wildman–Crippen MR) is 54.2 cm³/mol. The number of ether oxygens (including phenoxy) is 1. The molecule has 86 valence electrons. The lowest BCUT2D eigenvalue weighted by Gasteiger charge is -2.41. The zero-order chi connectivity index (χ0) is 11.9. The summed E-state index contributed by atoms with van der Waals surface area (Å²) in [4.78, 5) is 11.3. The van der Waals surface area contributed by atoms with Crippen molar-refractivity contribution >= 4 is 5.78 Å². The number of hydrogen-bond acceptors (Lipinski definition) is 2. The molecule has 1 aliphatic carbocycles. The number of hydrogen-bond donors (Lipinski definition) is 0. The van der Waals surface area contributed by atoms with Crippen LogP contribution in [0.1, 0.15) is 20.3 Å². The highest BCUT2D eigenvalue weighted by atomic mass is 19.1. The topological polar surface area (TPSA) is 26.3 Å². The summed E-state index contributed by atoms with van der Waals surface area (Å²) in [6, 6.07) is 3.01. The fraction of sp³-hybridized carbons (Fsp3) is 0.417. The number of halogens is 2. The van der Waals surface area contributed by atoms with Crippen LogP contribution in [0.4, 0.5) is 8.78 Å². The third-order valence-corrected chi connectivity index (χ3v) is 3.01. The van der Waals surface area contributed by atoms with Crippen molar-refractivity contribution in [3.8, 4) is 5.75 Å². The van der Waals surface area contributed by atoms with Gasteiger partial charge in [0.2, 0.25) is 0 Å². The molecule has 1 saturated carbocycles. The number of carbonyl (C=O) groups excluding carboxylic acids is 1. The average Bonchev–Trinajstić information content (AvgIpc) is 2.15. The molecule has 4 heteroatoms. The van der Waals surface area contributed by atoms with Gasteiger partial charge >= 0.3 is 0 Å². The fourth-order valence-corrected chi connectivity index (χ4v) is 1.68. The van der Waals surface area contributed by atoms with Gasteiger partial charge in [0.25, 0.3) is 0 Å². The molecule has 0 N–H and O–H groups in total. The van der Waals surface area contributed by atoms with Crippen molar-refractivity contribution in [1.29, 1.82) is 0 Å². The molecule has 0 saturated heterocycles. The first-order valence-electron chi connectivity index (χ1n) is 5.05. The number of carbonyl (C=O) groups is 1. The Bertz CT molecular complexity index is 420. The minimum Gasteiger partial charge on any atom is -0.489 e. The van der Waals surface area contributed by atoms with Crippen molar-refractivity contribution in [2.75, 3.05) is 0 Å². The van der Waals surface area contributed by atoms with Crippen LogP contribution >= 0.6 is 0 Å². The van der Waals surface area contributed by atoms with E-state index in [2.05, 4.69) is 0 Å². The summed E-state index contributed by atoms with van der Waals surface area (Å²) in [5.41, 5.74) is -0.567. The molecular formula is C12H12F2O2. The van der Waals surface area contributed by atoms with E-state index in [4.69, 9.17) is 4.74 Å². The maximum atomic E-state index is 12.9. The number of benzene rings is 1. The van der Waals surface area contributed by atoms with E-state index in [1.165, 1.54) is 0 Å². The number of rotatable bonds is 2. The maximum Gasteiger partial charge on any atom is 0.145 e. The zero-order valence-corrected chi connectivity index (χ0v) is 9.09. The molecule has 0 heterocycles. The molecule has 1 aromatic carbocycles. The molecule has 1 atom stereocenters. The second kappa shape index (κ2) is 3.54. The summed E-state index contributed by atoms with van der Waals surface area (Å²) in [6.45, 7) is 3.53. The largest absolute Gasteiger partial charge is 0.489 e. The third-order valence-electron chi connectivity index (χ3n) is 3.01. The van der Waals surface area contributed by atoms with Gasteiger partial charge < -0.3 is 4.74 Å². The predicted octanol–water partition coefficient (Wildman–Crippen LogP) is 2.71. The van der Waals surface area contributed by atoms with Crippen LogP contribution in [0.3, 0.4) is 0 Å². The van der Waals surface area contributed by atoms with Crippen LogP contribution in [0.25, 0.3) is 0 Å². The molecule has 2 rings (SSSR count). The Morgan fingerprint density at radius 3 is 2.25 bits per heavy atom. The van der Waals surface area contributed by atoms with E-state index >= 15 is 0 Å². The molecule has 0 spiro atoms. The molecule has 0 radical (unpaired) electrons. The summed E-state index contributed by atoms with van der Waals surface area (Å²) >= 11 is 0. The van der Waals surface area contributed by atoms with Crippen molar-refractivity contribution in [3.63, 3.8) is 0 Å². The summed E-state index contributed by atoms with van der Waals surface area (Å²) in [6.07, 6.45) is -0.00769. The van der Waals surface area contributed by atoms with Gasteiger partial charge in [-0.25, -0.2) is 8.78 Å². The standard InChI is InChI=1S/C12H12F2O2/c1-12(2)10(15)6-11(12)16-9-4-7(13)3-8(14)5-9/h3-5,11H,6H2,1-2H3. The van der Waals surface area contributed by atoms with Gasteiger partial charge in [-0.15, -0.1) is 0 Å². The average molecular weight is 226 g/mol. The second-order valence-electron chi connectivity index (χ2n) is 4.56. The van der Waals surface area contributed by atoms with E-state index in [0.29, 0.717) is 6.42 Å². The Labute approximate surface area is 92.2 Å². The van der Waals surface area contributed by atoms with Gasteiger partial charge in [-0.3, -0.25) is 4.79 Å². The minimum atomic E-state index is -0.682. The van der Waals surface area contributed by atoms with Gasteiger partial charge in [0.15, 0.2) is 0 Å². The van der Waals surface area contributed by atoms with Gasteiger partial charge in [0, 0.05) is 24.6 Å². The molecule has 1 aromatic rings. The van der Waals surface area contributed by atoms with E-state index in [9.17, 15) is 13.6 Å². The van der Waals surface area contributed by atoms with E-state index in [0.717, 1.165) is 18.2 Å². The molecular weight excluding hydrogens is 214 g/mol. The molecule has 0 aromatic heterocycles. The highest BCUT2D eigenvalue weighted by molar-refractivity contribution is 5.91. The van der Waals surface area contributed by atoms with Gasteiger partial charge in [0.05, 0.1) is 5.41 Å². The Morgan fingerprint density at radius 1 is 1.25 bits per heavy atom. The van der Waals surface area contributed by atoms with Gasteiger partial charge in [-0.1, -0.05) is 0 Å². The van der Waals surface area contributed by atoms with Gasteiger partial charge in [0.1, 0.15) is 29.3 Å². The normalized spacial score (nSPS) is 22.8. The Morgan fingerprint density at radius 2 is 1.81 bits per heavy atom. The smallest absolute Gasteiger partial charge is 0.145 e. The summed E-state index contributed by atoms with van der Waals surface area (Å²) in [5, 5.41) is 0. The van der Waals surface area contributed by atoms with Crippen molar-refractivity contribution < 1.29 is 18.3 Å². The second-order valence-corrected chi connectivity index (χ2v) is 4.56. The zero-order valence-electron chi connectivity index (χ0n) is 9.09. The molecule has 2 nitrogen and oxygen atoms in total. The van der Waals surface area contributed by atoms with Crippen LogP contribution in [0.2, 0.25) is 0 Å². The molecule has 1 aliphatic rings. The van der Waals surface area contributed by atoms with E-state index < -0.39 is 17.0 Å². The monoisotopic (exact) mass is 226 g/mol. The summed E-state index contributed by atoms with van der Waals surface area (Å²) in [7, 11) is 0. The van der Waals surface area contributed by atoms with Crippen molar-refractivity contribution in [1.82, 2.24) is 0 Å². The molecule has 16 heavy (non-hydrogen) atoms. The van der Waals surface area contributed by atoms with E-state index in [-0.39, 0.29) is 17.6 Å². The van der Waals surface area contributed by atoms with E-state index in [1.807, 2.05) is 0 Å². The van der Waals surface area contributed by atoms with Crippen LogP contribution in [-0.2, 0) is 4.79 Å². The van der Waals surface area contributed by atoms with Crippen LogP contribution < -0.4 is 4.74 Å². The first-order valence-corrected chi connectivity index (χ1v) is 5.05. The van der Waals surface area contributed by atoms with E-state index in [1.54, 1.807) is 13.8 Å². The summed E-state index contributed by atoms with van der Waals surface area (Å²) < 4.78 is 31.2. The minimum absolute atomic E-state index is 0.106.